The fourth-order valence-corrected chi connectivity index (χ4v) is 2.47. The van der Waals surface area contributed by atoms with Gasteiger partial charge in [-0.2, -0.15) is 0 Å². The molecular formula is C19H27N3O. The van der Waals surface area contributed by atoms with E-state index in [4.69, 9.17) is 0 Å². The van der Waals surface area contributed by atoms with Gasteiger partial charge in [-0.25, -0.2) is 4.79 Å². The first-order chi connectivity index (χ1) is 11.0. The molecule has 1 atom stereocenters. The van der Waals surface area contributed by atoms with Crippen molar-refractivity contribution in [3.05, 3.63) is 58.9 Å². The fourth-order valence-electron chi connectivity index (χ4n) is 2.47. The minimum Gasteiger partial charge on any atom is -0.345 e. The lowest BCUT2D eigenvalue weighted by Gasteiger charge is -2.15. The van der Waals surface area contributed by atoms with Gasteiger partial charge in [-0.3, -0.25) is 0 Å². The molecule has 0 aliphatic rings. The van der Waals surface area contributed by atoms with Crippen molar-refractivity contribution < 1.29 is 4.79 Å². The number of benzene rings is 1. The third-order valence-electron chi connectivity index (χ3n) is 4.19. The summed E-state index contributed by atoms with van der Waals surface area (Å²) in [5.74, 6) is 0. The van der Waals surface area contributed by atoms with Crippen LogP contribution in [0.1, 0.15) is 42.7 Å². The van der Waals surface area contributed by atoms with Crippen LogP contribution < -0.4 is 10.6 Å². The lowest BCUT2D eigenvalue weighted by molar-refractivity contribution is 0.237. The van der Waals surface area contributed by atoms with Crippen LogP contribution in [0.15, 0.2) is 36.5 Å². The zero-order valence-corrected chi connectivity index (χ0v) is 14.5. The van der Waals surface area contributed by atoms with E-state index >= 15 is 0 Å². The molecule has 0 spiro atoms. The van der Waals surface area contributed by atoms with Gasteiger partial charge in [-0.05, 0) is 50.5 Å². The Labute approximate surface area is 138 Å². The Morgan fingerprint density at radius 3 is 2.78 bits per heavy atom. The van der Waals surface area contributed by atoms with E-state index in [2.05, 4.69) is 66.4 Å². The predicted octanol–water partition coefficient (Wildman–Crippen LogP) is 3.75. The maximum Gasteiger partial charge on any atom is 0.315 e. The predicted molar refractivity (Wildman–Crippen MR) is 94.6 cm³/mol. The Hall–Kier alpha value is -2.23. The van der Waals surface area contributed by atoms with E-state index in [1.807, 2.05) is 13.0 Å². The van der Waals surface area contributed by atoms with Gasteiger partial charge >= 0.3 is 6.03 Å². The summed E-state index contributed by atoms with van der Waals surface area (Å²) < 4.78 is 2.19. The number of nitrogens with zero attached hydrogens (tertiary/aromatic N) is 1. The number of carbonyl (C=O) groups excluding carboxylic acids is 1. The number of urea groups is 1. The van der Waals surface area contributed by atoms with Crippen LogP contribution in [0.3, 0.4) is 0 Å². The molecule has 1 heterocycles. The minimum atomic E-state index is -0.112. The third kappa shape index (κ3) is 4.88. The summed E-state index contributed by atoms with van der Waals surface area (Å²) >= 11 is 0. The van der Waals surface area contributed by atoms with Gasteiger partial charge in [0.05, 0.1) is 6.54 Å². The second kappa shape index (κ2) is 7.86. The average molecular weight is 313 g/mol. The third-order valence-corrected chi connectivity index (χ3v) is 4.19. The molecule has 4 nitrogen and oxygen atoms in total. The van der Waals surface area contributed by atoms with Crippen LogP contribution in [0, 0.1) is 13.8 Å². The van der Waals surface area contributed by atoms with Crippen LogP contribution in [0.2, 0.25) is 0 Å². The Balaban J connectivity index is 1.99. The zero-order valence-electron chi connectivity index (χ0n) is 14.5. The van der Waals surface area contributed by atoms with E-state index in [0.717, 1.165) is 18.7 Å². The highest BCUT2D eigenvalue weighted by atomic mass is 16.2. The molecular weight excluding hydrogens is 286 g/mol. The SMILES string of the molecule is CCC(C)NC(=O)NCc1cccn1Cc1cc(C)ccc1C. The molecule has 1 aromatic carbocycles. The van der Waals surface area contributed by atoms with Crippen LogP contribution in [0.25, 0.3) is 0 Å². The summed E-state index contributed by atoms with van der Waals surface area (Å²) in [5, 5.41) is 5.85. The monoisotopic (exact) mass is 313 g/mol. The van der Waals surface area contributed by atoms with E-state index in [1.54, 1.807) is 0 Å². The molecule has 2 amide bonds. The van der Waals surface area contributed by atoms with E-state index in [1.165, 1.54) is 16.7 Å². The van der Waals surface area contributed by atoms with Crippen LogP contribution in [0.5, 0.6) is 0 Å². The van der Waals surface area contributed by atoms with Crippen molar-refractivity contribution in [1.82, 2.24) is 15.2 Å². The molecule has 4 heteroatoms. The number of aromatic nitrogens is 1. The molecule has 2 N–H and O–H groups in total. The highest BCUT2D eigenvalue weighted by Gasteiger charge is 2.08. The summed E-state index contributed by atoms with van der Waals surface area (Å²) in [5.41, 5.74) is 4.97. The number of aryl methyl sites for hydroxylation is 2. The molecule has 0 radical (unpaired) electrons. The summed E-state index contributed by atoms with van der Waals surface area (Å²) in [6.07, 6.45) is 2.99. The molecule has 0 aliphatic heterocycles. The highest BCUT2D eigenvalue weighted by Crippen LogP contribution is 2.14. The van der Waals surface area contributed by atoms with Crippen molar-refractivity contribution in [2.24, 2.45) is 0 Å². The van der Waals surface area contributed by atoms with Gasteiger partial charge in [0.1, 0.15) is 0 Å². The number of hydrogen-bond acceptors (Lipinski definition) is 1. The van der Waals surface area contributed by atoms with Gasteiger partial charge in [0.2, 0.25) is 0 Å². The van der Waals surface area contributed by atoms with Gasteiger partial charge in [-0.1, -0.05) is 30.7 Å². The molecule has 0 aliphatic carbocycles. The Kier molecular flexibility index (Phi) is 5.85. The first kappa shape index (κ1) is 17.1. The molecule has 1 aromatic heterocycles. The van der Waals surface area contributed by atoms with Crippen molar-refractivity contribution in [2.75, 3.05) is 0 Å². The number of rotatable bonds is 6. The molecule has 0 bridgehead atoms. The normalized spacial score (nSPS) is 12.0. The fraction of sp³-hybridized carbons (Fsp3) is 0.421. The van der Waals surface area contributed by atoms with Gasteiger partial charge in [0, 0.05) is 24.5 Å². The number of amides is 2. The molecule has 0 saturated heterocycles. The Morgan fingerprint density at radius 2 is 2.04 bits per heavy atom. The number of nitrogens with one attached hydrogen (secondary N) is 2. The first-order valence-corrected chi connectivity index (χ1v) is 8.24. The lowest BCUT2D eigenvalue weighted by Crippen LogP contribution is -2.40. The largest absolute Gasteiger partial charge is 0.345 e. The van der Waals surface area contributed by atoms with Crippen molar-refractivity contribution in [3.8, 4) is 0 Å². The molecule has 2 aromatic rings. The van der Waals surface area contributed by atoms with Crippen molar-refractivity contribution in [3.63, 3.8) is 0 Å². The summed E-state index contributed by atoms with van der Waals surface area (Å²) in [6, 6.07) is 10.7. The van der Waals surface area contributed by atoms with Crippen LogP contribution in [0.4, 0.5) is 4.79 Å². The van der Waals surface area contributed by atoms with Crippen molar-refractivity contribution in [2.45, 2.75) is 53.2 Å². The summed E-state index contributed by atoms with van der Waals surface area (Å²) in [6.45, 7) is 9.66. The summed E-state index contributed by atoms with van der Waals surface area (Å²) in [7, 11) is 0. The zero-order chi connectivity index (χ0) is 16.8. The van der Waals surface area contributed by atoms with E-state index < -0.39 is 0 Å². The van der Waals surface area contributed by atoms with E-state index in [-0.39, 0.29) is 12.1 Å². The van der Waals surface area contributed by atoms with Crippen molar-refractivity contribution in [1.29, 1.82) is 0 Å². The molecule has 23 heavy (non-hydrogen) atoms. The topological polar surface area (TPSA) is 46.1 Å². The molecule has 2 rings (SSSR count). The lowest BCUT2D eigenvalue weighted by atomic mass is 10.1. The number of carbonyl (C=O) groups is 1. The number of hydrogen-bond donors (Lipinski definition) is 2. The smallest absolute Gasteiger partial charge is 0.315 e. The van der Waals surface area contributed by atoms with Crippen molar-refractivity contribution >= 4 is 6.03 Å². The maximum atomic E-state index is 11.8. The molecule has 124 valence electrons. The van der Waals surface area contributed by atoms with Crippen LogP contribution >= 0.6 is 0 Å². The quantitative estimate of drug-likeness (QED) is 0.838. The molecule has 0 fully saturated rings. The molecule has 1 unspecified atom stereocenters. The van der Waals surface area contributed by atoms with Crippen LogP contribution in [-0.2, 0) is 13.1 Å². The van der Waals surface area contributed by atoms with E-state index in [9.17, 15) is 4.79 Å². The van der Waals surface area contributed by atoms with Crippen LogP contribution in [-0.4, -0.2) is 16.6 Å². The minimum absolute atomic E-state index is 0.112. The van der Waals surface area contributed by atoms with Gasteiger partial charge < -0.3 is 15.2 Å². The Bertz CT molecular complexity index is 660. The van der Waals surface area contributed by atoms with Gasteiger partial charge in [0.25, 0.3) is 0 Å². The van der Waals surface area contributed by atoms with Gasteiger partial charge in [-0.15, -0.1) is 0 Å². The molecule has 0 saturated carbocycles. The second-order valence-corrected chi connectivity index (χ2v) is 6.19. The van der Waals surface area contributed by atoms with Gasteiger partial charge in [0.15, 0.2) is 0 Å². The summed E-state index contributed by atoms with van der Waals surface area (Å²) in [4.78, 5) is 11.8. The maximum absolute atomic E-state index is 11.8. The van der Waals surface area contributed by atoms with E-state index in [0.29, 0.717) is 6.54 Å². The Morgan fingerprint density at radius 1 is 1.26 bits per heavy atom. The standard InChI is InChI=1S/C19H27N3O/c1-5-16(4)21-19(23)20-12-18-7-6-10-22(18)13-17-11-14(2)8-9-15(17)3/h6-11,16H,5,12-13H2,1-4H3,(H2,20,21,23). The average Bonchev–Trinajstić information content (AvgIpc) is 2.96. The highest BCUT2D eigenvalue weighted by molar-refractivity contribution is 5.74. The first-order valence-electron chi connectivity index (χ1n) is 8.24. The second-order valence-electron chi connectivity index (χ2n) is 6.19.